The van der Waals surface area contributed by atoms with E-state index >= 15 is 0 Å². The van der Waals surface area contributed by atoms with E-state index in [-0.39, 0.29) is 12.5 Å². The van der Waals surface area contributed by atoms with Gasteiger partial charge in [-0.15, -0.1) is 0 Å². The van der Waals surface area contributed by atoms with Crippen LogP contribution in [0.2, 0.25) is 0 Å². The molecule has 2 aliphatic rings. The molecule has 17 heavy (non-hydrogen) atoms. The van der Waals surface area contributed by atoms with Gasteiger partial charge >= 0.3 is 6.18 Å². The van der Waals surface area contributed by atoms with Crippen LogP contribution in [0.5, 0.6) is 0 Å². The zero-order valence-electron chi connectivity index (χ0n) is 9.50. The minimum atomic E-state index is -4.32. The van der Waals surface area contributed by atoms with Crippen molar-refractivity contribution in [2.24, 2.45) is 5.92 Å². The Bertz CT molecular complexity index is 340. The van der Waals surface area contributed by atoms with Crippen molar-refractivity contribution in [2.45, 2.75) is 38.3 Å². The Balaban J connectivity index is 2.18. The number of allylic oxidation sites excluding steroid dienone is 3. The van der Waals surface area contributed by atoms with Crippen molar-refractivity contribution in [1.29, 1.82) is 0 Å². The second-order valence-corrected chi connectivity index (χ2v) is 4.64. The van der Waals surface area contributed by atoms with Crippen molar-refractivity contribution in [3.8, 4) is 0 Å². The van der Waals surface area contributed by atoms with Crippen molar-refractivity contribution in [3.63, 3.8) is 0 Å². The Morgan fingerprint density at radius 3 is 2.41 bits per heavy atom. The summed E-state index contributed by atoms with van der Waals surface area (Å²) >= 11 is 0. The van der Waals surface area contributed by atoms with Crippen LogP contribution in [0.3, 0.4) is 0 Å². The van der Waals surface area contributed by atoms with Crippen LogP contribution in [-0.4, -0.2) is 23.0 Å². The Morgan fingerprint density at radius 2 is 1.82 bits per heavy atom. The summed E-state index contributed by atoms with van der Waals surface area (Å²) in [6.07, 6.45) is 2.73. The molecule has 96 valence electrons. The van der Waals surface area contributed by atoms with Gasteiger partial charge in [0, 0.05) is 11.6 Å². The zero-order valence-corrected chi connectivity index (χ0v) is 9.50. The number of rotatable bonds is 1. The summed E-state index contributed by atoms with van der Waals surface area (Å²) in [5.41, 5.74) is -0.206. The van der Waals surface area contributed by atoms with Crippen LogP contribution in [0.4, 0.5) is 13.2 Å². The molecule has 0 spiro atoms. The number of halogens is 3. The van der Waals surface area contributed by atoms with Gasteiger partial charge < -0.3 is 0 Å². The largest absolute Gasteiger partial charge is 0.416 e. The molecule has 2 rings (SSSR count). The molecule has 0 saturated heterocycles. The Kier molecular flexibility index (Phi) is 3.47. The van der Waals surface area contributed by atoms with Crippen molar-refractivity contribution in [3.05, 3.63) is 23.4 Å². The number of hydrogen-bond acceptors (Lipinski definition) is 2. The molecular formula is C12H16F3NO. The first-order valence-electron chi connectivity index (χ1n) is 5.94. The van der Waals surface area contributed by atoms with E-state index in [0.717, 1.165) is 49.3 Å². The van der Waals surface area contributed by atoms with E-state index in [9.17, 15) is 18.4 Å². The van der Waals surface area contributed by atoms with E-state index in [2.05, 4.69) is 0 Å². The quantitative estimate of drug-likeness (QED) is 0.764. The standard InChI is InChI=1S/C12H16F3NO/c13-12(14,15)10-6-7-16(17)11(8-10)9-4-2-1-3-5-9/h6,8-9,17H,1-5,7H2. The van der Waals surface area contributed by atoms with E-state index < -0.39 is 11.7 Å². The highest BCUT2D eigenvalue weighted by atomic mass is 19.4. The number of hydroxylamine groups is 2. The van der Waals surface area contributed by atoms with E-state index in [1.807, 2.05) is 0 Å². The van der Waals surface area contributed by atoms with Gasteiger partial charge in [-0.2, -0.15) is 13.2 Å². The maximum absolute atomic E-state index is 12.6. The molecule has 0 aromatic rings. The van der Waals surface area contributed by atoms with Gasteiger partial charge in [0.1, 0.15) is 0 Å². The molecule has 1 saturated carbocycles. The van der Waals surface area contributed by atoms with Gasteiger partial charge in [0.2, 0.25) is 0 Å². The third-order valence-corrected chi connectivity index (χ3v) is 3.44. The van der Waals surface area contributed by atoms with E-state index in [4.69, 9.17) is 0 Å². The van der Waals surface area contributed by atoms with Gasteiger partial charge in [0.05, 0.1) is 12.1 Å². The molecule has 5 heteroatoms. The fraction of sp³-hybridized carbons (Fsp3) is 0.667. The molecule has 0 unspecified atom stereocenters. The molecule has 0 amide bonds. The lowest BCUT2D eigenvalue weighted by Gasteiger charge is -2.32. The van der Waals surface area contributed by atoms with Crippen LogP contribution in [0, 0.1) is 5.92 Å². The van der Waals surface area contributed by atoms with Gasteiger partial charge in [-0.3, -0.25) is 10.3 Å². The maximum Gasteiger partial charge on any atom is 0.416 e. The minimum absolute atomic E-state index is 0.0693. The predicted octanol–water partition coefficient (Wildman–Crippen LogP) is 3.64. The van der Waals surface area contributed by atoms with Gasteiger partial charge in [0.25, 0.3) is 0 Å². The summed E-state index contributed by atoms with van der Waals surface area (Å²) in [4.78, 5) is 0. The maximum atomic E-state index is 12.6. The highest BCUT2D eigenvalue weighted by Crippen LogP contribution is 2.36. The molecule has 0 atom stereocenters. The zero-order chi connectivity index (χ0) is 12.5. The average Bonchev–Trinajstić information content (AvgIpc) is 2.29. The van der Waals surface area contributed by atoms with Gasteiger partial charge in [0.15, 0.2) is 0 Å². The molecule has 0 aromatic carbocycles. The van der Waals surface area contributed by atoms with Crippen molar-refractivity contribution < 1.29 is 18.4 Å². The number of alkyl halides is 3. The normalized spacial score (nSPS) is 23.4. The number of hydrogen-bond donors (Lipinski definition) is 1. The molecule has 0 aromatic heterocycles. The molecule has 1 aliphatic carbocycles. The van der Waals surface area contributed by atoms with Crippen LogP contribution >= 0.6 is 0 Å². The van der Waals surface area contributed by atoms with E-state index in [1.54, 1.807) is 0 Å². The number of nitrogens with zero attached hydrogens (tertiary/aromatic N) is 1. The van der Waals surface area contributed by atoms with Crippen molar-refractivity contribution in [2.75, 3.05) is 6.54 Å². The molecule has 0 bridgehead atoms. The highest BCUT2D eigenvalue weighted by Gasteiger charge is 2.35. The Hall–Kier alpha value is -0.970. The molecule has 1 fully saturated rings. The molecule has 0 radical (unpaired) electrons. The summed E-state index contributed by atoms with van der Waals surface area (Å²) < 4.78 is 37.8. The Labute approximate surface area is 98.4 Å². The minimum Gasteiger partial charge on any atom is -0.288 e. The third-order valence-electron chi connectivity index (χ3n) is 3.44. The van der Waals surface area contributed by atoms with Crippen LogP contribution < -0.4 is 0 Å². The molecule has 1 N–H and O–H groups in total. The first-order chi connectivity index (χ1) is 7.98. The molecule has 2 nitrogen and oxygen atoms in total. The highest BCUT2D eigenvalue weighted by molar-refractivity contribution is 5.31. The summed E-state index contributed by atoms with van der Waals surface area (Å²) in [5.74, 6) is 0.0693. The summed E-state index contributed by atoms with van der Waals surface area (Å²) in [7, 11) is 0. The average molecular weight is 247 g/mol. The predicted molar refractivity (Wildman–Crippen MR) is 57.3 cm³/mol. The fourth-order valence-electron chi connectivity index (χ4n) is 2.51. The second-order valence-electron chi connectivity index (χ2n) is 4.64. The first-order valence-corrected chi connectivity index (χ1v) is 5.94. The third kappa shape index (κ3) is 2.83. The Morgan fingerprint density at radius 1 is 1.18 bits per heavy atom. The molecule has 1 aliphatic heterocycles. The molecular weight excluding hydrogens is 231 g/mol. The molecule has 1 heterocycles. The van der Waals surface area contributed by atoms with Crippen molar-refractivity contribution >= 4 is 0 Å². The van der Waals surface area contributed by atoms with E-state index in [0.29, 0.717) is 5.70 Å². The summed E-state index contributed by atoms with van der Waals surface area (Å²) in [6, 6.07) is 0. The topological polar surface area (TPSA) is 23.5 Å². The van der Waals surface area contributed by atoms with Crippen LogP contribution in [0.15, 0.2) is 23.4 Å². The summed E-state index contributed by atoms with van der Waals surface area (Å²) in [5, 5.41) is 10.6. The van der Waals surface area contributed by atoms with Gasteiger partial charge in [-0.1, -0.05) is 25.3 Å². The first kappa shape index (κ1) is 12.5. The smallest absolute Gasteiger partial charge is 0.288 e. The van der Waals surface area contributed by atoms with Crippen LogP contribution in [-0.2, 0) is 0 Å². The van der Waals surface area contributed by atoms with Crippen LogP contribution in [0.25, 0.3) is 0 Å². The van der Waals surface area contributed by atoms with Gasteiger partial charge in [-0.25, -0.2) is 0 Å². The second kappa shape index (κ2) is 4.72. The van der Waals surface area contributed by atoms with Gasteiger partial charge in [-0.05, 0) is 18.9 Å². The monoisotopic (exact) mass is 247 g/mol. The lowest BCUT2D eigenvalue weighted by atomic mass is 9.85. The fourth-order valence-corrected chi connectivity index (χ4v) is 2.51. The van der Waals surface area contributed by atoms with Crippen molar-refractivity contribution in [1.82, 2.24) is 5.06 Å². The van der Waals surface area contributed by atoms with E-state index in [1.165, 1.54) is 0 Å². The lowest BCUT2D eigenvalue weighted by molar-refractivity contribution is -0.0947. The summed E-state index contributed by atoms with van der Waals surface area (Å²) in [6.45, 7) is -0.0722. The SMILES string of the molecule is ON1CC=C(C(F)(F)F)C=C1C1CCCCC1. The lowest BCUT2D eigenvalue weighted by Crippen LogP contribution is -2.30. The van der Waals surface area contributed by atoms with Crippen LogP contribution in [0.1, 0.15) is 32.1 Å².